The van der Waals surface area contributed by atoms with E-state index >= 15 is 0 Å². The minimum atomic E-state index is -0.723. The summed E-state index contributed by atoms with van der Waals surface area (Å²) in [7, 11) is 0. The van der Waals surface area contributed by atoms with Gasteiger partial charge < -0.3 is 10.1 Å². The van der Waals surface area contributed by atoms with Crippen molar-refractivity contribution in [2.24, 2.45) is 5.41 Å². The summed E-state index contributed by atoms with van der Waals surface area (Å²) in [6, 6.07) is 21.8. The maximum atomic E-state index is 13.1. The lowest BCUT2D eigenvalue weighted by Crippen LogP contribution is -2.34. The third kappa shape index (κ3) is 4.38. The molecule has 0 saturated heterocycles. The molecule has 0 heterocycles. The lowest BCUT2D eigenvalue weighted by atomic mass is 9.82. The number of rotatable bonds is 6. The Hall–Kier alpha value is -3.14. The average Bonchev–Trinajstić information content (AvgIpc) is 3.23. The number of amides is 1. The SMILES string of the molecule is Cc1ccc(NC(=O)CC2(C(=O)OCc3cccc4ccccc34)CCCC2)cc1. The quantitative estimate of drug-likeness (QED) is 0.533. The molecule has 0 aromatic heterocycles. The van der Waals surface area contributed by atoms with E-state index in [9.17, 15) is 9.59 Å². The van der Waals surface area contributed by atoms with Crippen molar-refractivity contribution in [1.82, 2.24) is 0 Å². The highest BCUT2D eigenvalue weighted by molar-refractivity contribution is 5.94. The molecule has 4 nitrogen and oxygen atoms in total. The first-order chi connectivity index (χ1) is 14.6. The normalized spacial score (nSPS) is 15.1. The molecule has 1 aliphatic carbocycles. The van der Waals surface area contributed by atoms with Gasteiger partial charge in [-0.05, 0) is 48.2 Å². The van der Waals surface area contributed by atoms with Gasteiger partial charge in [0.2, 0.25) is 5.91 Å². The van der Waals surface area contributed by atoms with Crippen LogP contribution < -0.4 is 5.32 Å². The zero-order chi connectivity index (χ0) is 21.0. The van der Waals surface area contributed by atoms with Crippen LogP contribution in [0.4, 0.5) is 5.69 Å². The van der Waals surface area contributed by atoms with Crippen LogP contribution in [-0.2, 0) is 20.9 Å². The van der Waals surface area contributed by atoms with Gasteiger partial charge >= 0.3 is 5.97 Å². The predicted molar refractivity (Wildman–Crippen MR) is 119 cm³/mol. The Bertz CT molecular complexity index is 1040. The number of hydrogen-bond donors (Lipinski definition) is 1. The molecule has 1 saturated carbocycles. The molecule has 0 atom stereocenters. The Morgan fingerprint density at radius 3 is 2.40 bits per heavy atom. The number of nitrogens with one attached hydrogen (secondary N) is 1. The molecule has 0 radical (unpaired) electrons. The number of hydrogen-bond acceptors (Lipinski definition) is 3. The van der Waals surface area contributed by atoms with Crippen LogP contribution in [0.15, 0.2) is 66.7 Å². The average molecular weight is 402 g/mol. The molecule has 1 fully saturated rings. The van der Waals surface area contributed by atoms with E-state index in [0.717, 1.165) is 40.4 Å². The first kappa shape index (κ1) is 20.1. The second-order valence-electron chi connectivity index (χ2n) is 8.29. The standard InChI is InChI=1S/C26H27NO3/c1-19-11-13-22(14-12-19)27-24(28)17-26(15-4-5-16-26)25(29)30-18-21-9-6-8-20-7-2-3-10-23(20)21/h2-3,6-14H,4-5,15-18H2,1H3,(H,27,28). The molecule has 1 amide bonds. The summed E-state index contributed by atoms with van der Waals surface area (Å²) in [5.41, 5.74) is 2.15. The molecule has 0 spiro atoms. The van der Waals surface area contributed by atoms with Crippen molar-refractivity contribution in [3.05, 3.63) is 77.9 Å². The fourth-order valence-electron chi connectivity index (χ4n) is 4.37. The van der Waals surface area contributed by atoms with Crippen molar-refractivity contribution in [3.8, 4) is 0 Å². The molecular formula is C26H27NO3. The summed E-state index contributed by atoms with van der Waals surface area (Å²) in [5, 5.41) is 5.14. The topological polar surface area (TPSA) is 55.4 Å². The van der Waals surface area contributed by atoms with E-state index in [2.05, 4.69) is 17.4 Å². The number of aryl methyl sites for hydroxylation is 1. The molecule has 154 valence electrons. The highest BCUT2D eigenvalue weighted by Gasteiger charge is 2.44. The van der Waals surface area contributed by atoms with E-state index in [1.807, 2.05) is 61.5 Å². The largest absolute Gasteiger partial charge is 0.460 e. The van der Waals surface area contributed by atoms with Gasteiger partial charge in [-0.3, -0.25) is 9.59 Å². The zero-order valence-corrected chi connectivity index (χ0v) is 17.3. The van der Waals surface area contributed by atoms with Crippen molar-refractivity contribution >= 4 is 28.3 Å². The van der Waals surface area contributed by atoms with E-state index in [-0.39, 0.29) is 24.9 Å². The van der Waals surface area contributed by atoms with Crippen molar-refractivity contribution < 1.29 is 14.3 Å². The smallest absolute Gasteiger partial charge is 0.312 e. The van der Waals surface area contributed by atoms with Crippen LogP contribution in [0.2, 0.25) is 0 Å². The molecule has 1 N–H and O–H groups in total. The van der Waals surface area contributed by atoms with Crippen LogP contribution in [0.1, 0.15) is 43.2 Å². The fraction of sp³-hybridized carbons (Fsp3) is 0.308. The Balaban J connectivity index is 1.44. The van der Waals surface area contributed by atoms with E-state index in [1.165, 1.54) is 0 Å². The van der Waals surface area contributed by atoms with Crippen molar-refractivity contribution in [2.45, 2.75) is 45.6 Å². The Morgan fingerprint density at radius 2 is 1.63 bits per heavy atom. The number of carbonyl (C=O) groups excluding carboxylic acids is 2. The summed E-state index contributed by atoms with van der Waals surface area (Å²) in [4.78, 5) is 25.8. The number of anilines is 1. The second kappa shape index (κ2) is 8.70. The number of fused-ring (bicyclic) bond motifs is 1. The van der Waals surface area contributed by atoms with Gasteiger partial charge in [-0.15, -0.1) is 0 Å². The van der Waals surface area contributed by atoms with Gasteiger partial charge in [-0.25, -0.2) is 0 Å². The van der Waals surface area contributed by atoms with Crippen LogP contribution in [0.3, 0.4) is 0 Å². The fourth-order valence-corrected chi connectivity index (χ4v) is 4.37. The van der Waals surface area contributed by atoms with Crippen LogP contribution in [0.25, 0.3) is 10.8 Å². The summed E-state index contributed by atoms with van der Waals surface area (Å²) >= 11 is 0. The maximum absolute atomic E-state index is 13.1. The monoisotopic (exact) mass is 401 g/mol. The highest BCUT2D eigenvalue weighted by atomic mass is 16.5. The van der Waals surface area contributed by atoms with Gasteiger partial charge in [-0.2, -0.15) is 0 Å². The summed E-state index contributed by atoms with van der Waals surface area (Å²) in [5.74, 6) is -0.394. The number of ether oxygens (including phenoxy) is 1. The van der Waals surface area contributed by atoms with Crippen LogP contribution >= 0.6 is 0 Å². The third-order valence-electron chi connectivity index (χ3n) is 6.07. The van der Waals surface area contributed by atoms with Gasteiger partial charge in [0.15, 0.2) is 0 Å². The van der Waals surface area contributed by atoms with Crippen LogP contribution in [0, 0.1) is 12.3 Å². The number of benzene rings is 3. The Labute approximate surface area is 177 Å². The Kier molecular flexibility index (Phi) is 5.84. The molecule has 0 unspecified atom stereocenters. The van der Waals surface area contributed by atoms with E-state index in [0.29, 0.717) is 12.8 Å². The predicted octanol–water partition coefficient (Wildman–Crippen LogP) is 5.78. The summed E-state index contributed by atoms with van der Waals surface area (Å²) in [6.45, 7) is 2.23. The molecule has 0 aliphatic heterocycles. The second-order valence-corrected chi connectivity index (χ2v) is 8.29. The lowest BCUT2D eigenvalue weighted by Gasteiger charge is -2.26. The molecule has 3 aromatic rings. The summed E-state index contributed by atoms with van der Waals surface area (Å²) in [6.07, 6.45) is 3.45. The molecular weight excluding hydrogens is 374 g/mol. The van der Waals surface area contributed by atoms with Crippen LogP contribution in [-0.4, -0.2) is 11.9 Å². The number of carbonyl (C=O) groups is 2. The first-order valence-electron chi connectivity index (χ1n) is 10.6. The van der Waals surface area contributed by atoms with E-state index in [4.69, 9.17) is 4.74 Å². The molecule has 1 aliphatic rings. The van der Waals surface area contributed by atoms with Crippen molar-refractivity contribution in [1.29, 1.82) is 0 Å². The first-order valence-corrected chi connectivity index (χ1v) is 10.6. The highest BCUT2D eigenvalue weighted by Crippen LogP contribution is 2.42. The molecule has 4 heteroatoms. The van der Waals surface area contributed by atoms with Gasteiger partial charge in [0, 0.05) is 12.1 Å². The van der Waals surface area contributed by atoms with E-state index < -0.39 is 5.41 Å². The minimum Gasteiger partial charge on any atom is -0.460 e. The van der Waals surface area contributed by atoms with Gasteiger partial charge in [0.05, 0.1) is 5.41 Å². The van der Waals surface area contributed by atoms with Gasteiger partial charge in [0.25, 0.3) is 0 Å². The van der Waals surface area contributed by atoms with Crippen LogP contribution in [0.5, 0.6) is 0 Å². The van der Waals surface area contributed by atoms with Gasteiger partial charge in [-0.1, -0.05) is 73.0 Å². The Morgan fingerprint density at radius 1 is 0.933 bits per heavy atom. The van der Waals surface area contributed by atoms with Crippen molar-refractivity contribution in [3.63, 3.8) is 0 Å². The third-order valence-corrected chi connectivity index (χ3v) is 6.07. The zero-order valence-electron chi connectivity index (χ0n) is 17.3. The molecule has 4 rings (SSSR count). The van der Waals surface area contributed by atoms with Crippen molar-refractivity contribution in [2.75, 3.05) is 5.32 Å². The number of esters is 1. The lowest BCUT2D eigenvalue weighted by molar-refractivity contribution is -0.158. The minimum absolute atomic E-state index is 0.136. The summed E-state index contributed by atoms with van der Waals surface area (Å²) < 4.78 is 5.77. The van der Waals surface area contributed by atoms with Gasteiger partial charge in [0.1, 0.15) is 6.61 Å². The molecule has 3 aromatic carbocycles. The maximum Gasteiger partial charge on any atom is 0.312 e. The molecule has 30 heavy (non-hydrogen) atoms. The molecule has 0 bridgehead atoms. The van der Waals surface area contributed by atoms with E-state index in [1.54, 1.807) is 0 Å².